The SMILES string of the molecule is COc1ccc(/C=C2/N=C3S[C@H](C)C(=O)N3C2=O)cc1. The van der Waals surface area contributed by atoms with Gasteiger partial charge in [0, 0.05) is 0 Å². The number of hydrogen-bond donors (Lipinski definition) is 0. The van der Waals surface area contributed by atoms with Gasteiger partial charge in [0.1, 0.15) is 11.4 Å². The van der Waals surface area contributed by atoms with Crippen LogP contribution < -0.4 is 4.74 Å². The van der Waals surface area contributed by atoms with Gasteiger partial charge in [-0.25, -0.2) is 9.89 Å². The van der Waals surface area contributed by atoms with Gasteiger partial charge in [0.15, 0.2) is 5.17 Å². The Balaban J connectivity index is 1.90. The van der Waals surface area contributed by atoms with Gasteiger partial charge in [-0.3, -0.25) is 9.59 Å². The fourth-order valence-corrected chi connectivity index (χ4v) is 2.97. The number of aliphatic imine (C=N–C) groups is 1. The first-order valence-electron chi connectivity index (χ1n) is 6.09. The summed E-state index contributed by atoms with van der Waals surface area (Å²) in [5.41, 5.74) is 1.13. The van der Waals surface area contributed by atoms with Gasteiger partial charge < -0.3 is 4.74 Å². The highest BCUT2D eigenvalue weighted by Gasteiger charge is 2.44. The number of hydrogen-bond acceptors (Lipinski definition) is 5. The lowest BCUT2D eigenvalue weighted by Gasteiger charge is -2.06. The highest BCUT2D eigenvalue weighted by atomic mass is 32.2. The number of fused-ring (bicyclic) bond motifs is 1. The number of carbonyl (C=O) groups is 2. The van der Waals surface area contributed by atoms with E-state index in [9.17, 15) is 9.59 Å². The Labute approximate surface area is 120 Å². The fourth-order valence-electron chi connectivity index (χ4n) is 2.02. The topological polar surface area (TPSA) is 59.0 Å². The van der Waals surface area contributed by atoms with E-state index >= 15 is 0 Å². The lowest BCUT2D eigenvalue weighted by Crippen LogP contribution is -2.33. The minimum absolute atomic E-state index is 0.197. The summed E-state index contributed by atoms with van der Waals surface area (Å²) in [5, 5.41) is 0.243. The third kappa shape index (κ3) is 2.02. The van der Waals surface area contributed by atoms with Crippen LogP contribution >= 0.6 is 11.8 Å². The van der Waals surface area contributed by atoms with Crippen LogP contribution in [0.25, 0.3) is 6.08 Å². The van der Waals surface area contributed by atoms with E-state index in [2.05, 4.69) is 4.99 Å². The summed E-state index contributed by atoms with van der Waals surface area (Å²) in [5.74, 6) is 0.200. The largest absolute Gasteiger partial charge is 0.497 e. The van der Waals surface area contributed by atoms with Crippen LogP contribution in [0.3, 0.4) is 0 Å². The molecule has 0 bridgehead atoms. The van der Waals surface area contributed by atoms with Crippen LogP contribution in [0.15, 0.2) is 35.0 Å². The number of imide groups is 1. The molecule has 2 aliphatic rings. The van der Waals surface area contributed by atoms with Gasteiger partial charge in [-0.05, 0) is 30.7 Å². The minimum atomic E-state index is -0.349. The normalized spacial score (nSPS) is 23.3. The fraction of sp³-hybridized carbons (Fsp3) is 0.214. The van der Waals surface area contributed by atoms with Crippen molar-refractivity contribution in [2.75, 3.05) is 7.11 Å². The van der Waals surface area contributed by atoms with Crippen LogP contribution in [0.2, 0.25) is 0 Å². The molecule has 5 nitrogen and oxygen atoms in total. The van der Waals surface area contributed by atoms with Crippen molar-refractivity contribution in [2.45, 2.75) is 12.2 Å². The average Bonchev–Trinajstić information content (AvgIpc) is 2.89. The third-order valence-electron chi connectivity index (χ3n) is 3.10. The summed E-state index contributed by atoms with van der Waals surface area (Å²) in [6, 6.07) is 7.28. The molecule has 0 unspecified atom stereocenters. The van der Waals surface area contributed by atoms with Gasteiger partial charge in [0.05, 0.1) is 12.4 Å². The Morgan fingerprint density at radius 3 is 2.60 bits per heavy atom. The maximum Gasteiger partial charge on any atom is 0.285 e. The molecule has 1 aromatic rings. The molecule has 0 aromatic heterocycles. The Morgan fingerprint density at radius 2 is 2.00 bits per heavy atom. The zero-order chi connectivity index (χ0) is 14.3. The molecule has 2 amide bonds. The average molecular weight is 288 g/mol. The second-order valence-corrected chi connectivity index (χ2v) is 5.74. The molecule has 1 atom stereocenters. The van der Waals surface area contributed by atoms with Gasteiger partial charge in [-0.1, -0.05) is 23.9 Å². The van der Waals surface area contributed by atoms with E-state index < -0.39 is 0 Å². The maximum atomic E-state index is 12.2. The minimum Gasteiger partial charge on any atom is -0.497 e. The number of nitrogens with zero attached hydrogens (tertiary/aromatic N) is 2. The van der Waals surface area contributed by atoms with E-state index in [1.807, 2.05) is 24.3 Å². The first kappa shape index (κ1) is 12.9. The molecule has 0 saturated carbocycles. The Kier molecular flexibility index (Phi) is 3.10. The van der Waals surface area contributed by atoms with E-state index in [0.29, 0.717) is 5.17 Å². The Bertz CT molecular complexity index is 649. The molecular weight excluding hydrogens is 276 g/mol. The molecule has 20 heavy (non-hydrogen) atoms. The molecule has 3 rings (SSSR count). The predicted octanol–water partition coefficient (Wildman–Crippen LogP) is 1.90. The van der Waals surface area contributed by atoms with Crippen molar-refractivity contribution in [3.05, 3.63) is 35.5 Å². The summed E-state index contributed by atoms with van der Waals surface area (Å²) in [6.45, 7) is 1.77. The number of thioether (sulfide) groups is 1. The zero-order valence-electron chi connectivity index (χ0n) is 11.0. The van der Waals surface area contributed by atoms with Crippen LogP contribution in [-0.2, 0) is 9.59 Å². The van der Waals surface area contributed by atoms with Crippen LogP contribution in [0.5, 0.6) is 5.75 Å². The van der Waals surface area contributed by atoms with Crippen LogP contribution in [0.1, 0.15) is 12.5 Å². The monoisotopic (exact) mass is 288 g/mol. The Morgan fingerprint density at radius 1 is 1.30 bits per heavy atom. The van der Waals surface area contributed by atoms with Gasteiger partial charge in [0.2, 0.25) is 5.91 Å². The van der Waals surface area contributed by atoms with Gasteiger partial charge in [0.25, 0.3) is 5.91 Å². The van der Waals surface area contributed by atoms with E-state index in [1.54, 1.807) is 20.1 Å². The second-order valence-electron chi connectivity index (χ2n) is 4.44. The predicted molar refractivity (Wildman–Crippen MR) is 77.3 cm³/mol. The number of rotatable bonds is 2. The molecule has 0 aliphatic carbocycles. The van der Waals surface area contributed by atoms with Crippen molar-refractivity contribution >= 4 is 34.8 Å². The summed E-state index contributed by atoms with van der Waals surface area (Å²) in [7, 11) is 1.60. The standard InChI is InChI=1S/C14H12N2O3S/c1-8-12(17)16-13(18)11(15-14(16)20-8)7-9-3-5-10(19-2)6-4-9/h3-8H,1-2H3/b11-7+/t8-/m1/s1. The molecule has 6 heteroatoms. The number of ether oxygens (including phenoxy) is 1. The van der Waals surface area contributed by atoms with Crippen LogP contribution in [-0.4, -0.2) is 34.2 Å². The van der Waals surface area contributed by atoms with Gasteiger partial charge in [-0.15, -0.1) is 0 Å². The molecule has 1 aromatic carbocycles. The summed E-state index contributed by atoms with van der Waals surface area (Å²) in [6.07, 6.45) is 1.67. The Hall–Kier alpha value is -2.08. The van der Waals surface area contributed by atoms with Crippen molar-refractivity contribution in [1.82, 2.24) is 4.90 Å². The van der Waals surface area contributed by atoms with Crippen molar-refractivity contribution in [1.29, 1.82) is 0 Å². The lowest BCUT2D eigenvalue weighted by atomic mass is 10.2. The smallest absolute Gasteiger partial charge is 0.285 e. The summed E-state index contributed by atoms with van der Waals surface area (Å²) in [4.78, 5) is 29.4. The van der Waals surface area contributed by atoms with E-state index in [0.717, 1.165) is 16.2 Å². The molecule has 0 radical (unpaired) electrons. The molecule has 0 spiro atoms. The van der Waals surface area contributed by atoms with Gasteiger partial charge >= 0.3 is 0 Å². The maximum absolute atomic E-state index is 12.2. The molecule has 1 saturated heterocycles. The number of amides is 2. The zero-order valence-corrected chi connectivity index (χ0v) is 11.8. The van der Waals surface area contributed by atoms with Crippen molar-refractivity contribution in [3.63, 3.8) is 0 Å². The van der Waals surface area contributed by atoms with Crippen LogP contribution in [0, 0.1) is 0 Å². The lowest BCUT2D eigenvalue weighted by molar-refractivity contribution is -0.135. The van der Waals surface area contributed by atoms with Crippen molar-refractivity contribution < 1.29 is 14.3 Å². The van der Waals surface area contributed by atoms with E-state index in [-0.39, 0.29) is 22.8 Å². The molecule has 1 fully saturated rings. The van der Waals surface area contributed by atoms with E-state index in [4.69, 9.17) is 4.74 Å². The number of carbonyl (C=O) groups excluding carboxylic acids is 2. The molecule has 2 aliphatic heterocycles. The molecule has 2 heterocycles. The molecular formula is C14H12N2O3S. The van der Waals surface area contributed by atoms with Crippen molar-refractivity contribution in [2.24, 2.45) is 4.99 Å². The number of benzene rings is 1. The number of amidine groups is 1. The first-order chi connectivity index (χ1) is 9.60. The highest BCUT2D eigenvalue weighted by Crippen LogP contribution is 2.33. The third-order valence-corrected chi connectivity index (χ3v) is 4.14. The molecule has 0 N–H and O–H groups in total. The number of methoxy groups -OCH3 is 1. The quantitative estimate of drug-likeness (QED) is 0.616. The van der Waals surface area contributed by atoms with E-state index in [1.165, 1.54) is 11.8 Å². The van der Waals surface area contributed by atoms with Crippen LogP contribution in [0.4, 0.5) is 0 Å². The highest BCUT2D eigenvalue weighted by molar-refractivity contribution is 8.15. The van der Waals surface area contributed by atoms with Gasteiger partial charge in [-0.2, -0.15) is 0 Å². The second kappa shape index (κ2) is 4.79. The first-order valence-corrected chi connectivity index (χ1v) is 6.97. The molecule has 102 valence electrons. The summed E-state index contributed by atoms with van der Waals surface area (Å²) < 4.78 is 5.08. The summed E-state index contributed by atoms with van der Waals surface area (Å²) >= 11 is 1.31. The van der Waals surface area contributed by atoms with Crippen molar-refractivity contribution in [3.8, 4) is 5.75 Å².